The van der Waals surface area contributed by atoms with E-state index in [4.69, 9.17) is 30.4 Å². The number of rotatable bonds is 9. The van der Waals surface area contributed by atoms with Crippen LogP contribution in [0.3, 0.4) is 0 Å². The zero-order valence-corrected chi connectivity index (χ0v) is 26.6. The fraction of sp³-hybridized carbons (Fsp3) is 0.182. The Bertz CT molecular complexity index is 1920. The number of carbonyl (C=O) groups is 1. The van der Waals surface area contributed by atoms with Gasteiger partial charge < -0.3 is 18.9 Å². The fourth-order valence-corrected chi connectivity index (χ4v) is 6.55. The summed E-state index contributed by atoms with van der Waals surface area (Å²) in [5.41, 5.74) is 2.63. The van der Waals surface area contributed by atoms with Crippen molar-refractivity contribution in [1.29, 1.82) is 0 Å². The molecule has 0 N–H and O–H groups in total. The number of hydrogen-bond acceptors (Lipinski definition) is 8. The summed E-state index contributed by atoms with van der Waals surface area (Å²) in [6.45, 7) is 2.02. The van der Waals surface area contributed by atoms with Crippen LogP contribution in [0.25, 0.3) is 11.8 Å². The molecule has 1 aliphatic rings. The minimum atomic E-state index is -0.784. The van der Waals surface area contributed by atoms with Gasteiger partial charge >= 0.3 is 5.97 Å². The van der Waals surface area contributed by atoms with Gasteiger partial charge in [-0.25, -0.2) is 9.79 Å². The van der Waals surface area contributed by atoms with Gasteiger partial charge in [0.05, 0.1) is 46.2 Å². The number of fused-ring (bicyclic) bond motifs is 1. The van der Waals surface area contributed by atoms with Crippen molar-refractivity contribution in [3.63, 3.8) is 0 Å². The van der Waals surface area contributed by atoms with Crippen molar-refractivity contribution in [2.75, 3.05) is 27.4 Å². The van der Waals surface area contributed by atoms with Gasteiger partial charge in [-0.2, -0.15) is 0 Å². The van der Waals surface area contributed by atoms with E-state index in [1.165, 1.54) is 11.3 Å². The van der Waals surface area contributed by atoms with E-state index in [0.29, 0.717) is 37.8 Å². The van der Waals surface area contributed by atoms with Crippen molar-refractivity contribution < 1.29 is 23.7 Å². The van der Waals surface area contributed by atoms with Gasteiger partial charge in [-0.05, 0) is 71.0 Å². The Balaban J connectivity index is 1.77. The third-order valence-corrected chi connectivity index (χ3v) is 8.44. The lowest BCUT2D eigenvalue weighted by atomic mass is 9.93. The molecule has 10 heteroatoms. The molecule has 0 saturated heterocycles. The first-order chi connectivity index (χ1) is 20.9. The maximum absolute atomic E-state index is 14.1. The molecular weight excluding hydrogens is 679 g/mol. The molecule has 1 aromatic heterocycles. The number of thiazole rings is 1. The van der Waals surface area contributed by atoms with Crippen LogP contribution in [0.5, 0.6) is 17.2 Å². The standard InChI is InChI=1S/C33H27IN2O6S/c1-5-16-42-30-24(34)17-20(18-25(30)40-4)19-26-31(37)36-29(22-12-14-23(39-3)15-13-22)27(32(38)41-6-2)28(35-33(36)43-26)21-10-8-7-9-11-21/h1,7-15,17-19,29H,6,16H2,2-4H3/b26-19-/t29-/m0/s1. The largest absolute Gasteiger partial charge is 0.497 e. The summed E-state index contributed by atoms with van der Waals surface area (Å²) in [5.74, 6) is 3.60. The number of benzene rings is 3. The third-order valence-electron chi connectivity index (χ3n) is 6.65. The average molecular weight is 707 g/mol. The lowest BCUT2D eigenvalue weighted by molar-refractivity contribution is -0.138. The van der Waals surface area contributed by atoms with Gasteiger partial charge in [-0.3, -0.25) is 9.36 Å². The fourth-order valence-electron chi connectivity index (χ4n) is 4.77. The van der Waals surface area contributed by atoms with Crippen LogP contribution in [-0.2, 0) is 9.53 Å². The summed E-state index contributed by atoms with van der Waals surface area (Å²) in [4.78, 5) is 33.1. The van der Waals surface area contributed by atoms with E-state index in [0.717, 1.165) is 14.7 Å². The molecule has 218 valence electrons. The highest BCUT2D eigenvalue weighted by atomic mass is 127. The van der Waals surface area contributed by atoms with Crippen molar-refractivity contribution in [3.8, 4) is 29.6 Å². The molecule has 2 heterocycles. The monoisotopic (exact) mass is 706 g/mol. The van der Waals surface area contributed by atoms with Gasteiger partial charge in [0.1, 0.15) is 12.4 Å². The van der Waals surface area contributed by atoms with Crippen LogP contribution in [0.4, 0.5) is 0 Å². The highest BCUT2D eigenvalue weighted by Gasteiger charge is 2.35. The average Bonchev–Trinajstić information content (AvgIpc) is 3.34. The van der Waals surface area contributed by atoms with Crippen molar-refractivity contribution in [2.24, 2.45) is 4.99 Å². The first kappa shape index (κ1) is 30.1. The number of nitrogens with zero attached hydrogens (tertiary/aromatic N) is 2. The van der Waals surface area contributed by atoms with E-state index in [1.54, 1.807) is 50.0 Å². The van der Waals surface area contributed by atoms with Gasteiger partial charge in [-0.15, -0.1) is 6.42 Å². The quantitative estimate of drug-likeness (QED) is 0.144. The lowest BCUT2D eigenvalue weighted by Gasteiger charge is -2.26. The molecule has 0 amide bonds. The molecular formula is C33H27IN2O6S. The number of hydrogen-bond donors (Lipinski definition) is 0. The second-order valence-electron chi connectivity index (χ2n) is 9.23. The summed E-state index contributed by atoms with van der Waals surface area (Å²) in [6.07, 6.45) is 7.15. The molecule has 0 aliphatic carbocycles. The van der Waals surface area contributed by atoms with E-state index in [9.17, 15) is 9.59 Å². The summed E-state index contributed by atoms with van der Waals surface area (Å²) in [6, 6.07) is 19.6. The van der Waals surface area contributed by atoms with Gasteiger partial charge in [-0.1, -0.05) is 59.7 Å². The number of ether oxygens (including phenoxy) is 4. The maximum Gasteiger partial charge on any atom is 0.338 e. The number of aromatic nitrogens is 1. The predicted molar refractivity (Wildman–Crippen MR) is 174 cm³/mol. The Hall–Kier alpha value is -4.34. The minimum absolute atomic E-state index is 0.0994. The van der Waals surface area contributed by atoms with Crippen LogP contribution in [0.15, 0.2) is 82.1 Å². The van der Waals surface area contributed by atoms with E-state index in [2.05, 4.69) is 28.5 Å². The molecule has 1 aliphatic heterocycles. The second kappa shape index (κ2) is 13.3. The topological polar surface area (TPSA) is 88.4 Å². The van der Waals surface area contributed by atoms with Crippen LogP contribution in [-0.4, -0.2) is 38.0 Å². The van der Waals surface area contributed by atoms with Crippen molar-refractivity contribution >= 4 is 51.7 Å². The van der Waals surface area contributed by atoms with Gasteiger partial charge in [0.2, 0.25) is 0 Å². The summed E-state index contributed by atoms with van der Waals surface area (Å²) >= 11 is 3.39. The Morgan fingerprint density at radius 2 is 1.86 bits per heavy atom. The highest BCUT2D eigenvalue weighted by Crippen LogP contribution is 2.36. The number of methoxy groups -OCH3 is 2. The SMILES string of the molecule is C#CCOc1c(I)cc(/C=c2\sc3n(c2=O)[C@@H](c2ccc(OC)cc2)C(C(=O)OCC)=C(c2ccccc2)N=3)cc1OC. The number of esters is 1. The van der Waals surface area contributed by atoms with Crippen LogP contribution in [0.2, 0.25) is 0 Å². The smallest absolute Gasteiger partial charge is 0.338 e. The van der Waals surface area contributed by atoms with Gasteiger partial charge in [0.15, 0.2) is 16.3 Å². The molecule has 8 nitrogen and oxygen atoms in total. The number of halogens is 1. The van der Waals surface area contributed by atoms with Crippen LogP contribution in [0.1, 0.15) is 29.7 Å². The van der Waals surface area contributed by atoms with Gasteiger partial charge in [0, 0.05) is 5.56 Å². The van der Waals surface area contributed by atoms with Crippen molar-refractivity contribution in [1.82, 2.24) is 4.57 Å². The molecule has 3 aromatic carbocycles. The molecule has 0 spiro atoms. The molecule has 1 atom stereocenters. The normalized spacial score (nSPS) is 14.4. The zero-order chi connectivity index (χ0) is 30.5. The minimum Gasteiger partial charge on any atom is -0.497 e. The molecule has 43 heavy (non-hydrogen) atoms. The number of carbonyl (C=O) groups excluding carboxylic acids is 1. The first-order valence-corrected chi connectivity index (χ1v) is 15.2. The highest BCUT2D eigenvalue weighted by molar-refractivity contribution is 14.1. The molecule has 5 rings (SSSR count). The molecule has 0 radical (unpaired) electrons. The molecule has 0 unspecified atom stereocenters. The van der Waals surface area contributed by atoms with E-state index < -0.39 is 12.0 Å². The molecule has 0 bridgehead atoms. The lowest BCUT2D eigenvalue weighted by Crippen LogP contribution is -2.40. The van der Waals surface area contributed by atoms with Crippen LogP contribution in [0, 0.1) is 15.9 Å². The Morgan fingerprint density at radius 1 is 1.12 bits per heavy atom. The summed E-state index contributed by atoms with van der Waals surface area (Å²) < 4.78 is 24.9. The Morgan fingerprint density at radius 3 is 2.51 bits per heavy atom. The van der Waals surface area contributed by atoms with Crippen LogP contribution >= 0.6 is 33.9 Å². The third kappa shape index (κ3) is 6.09. The van der Waals surface area contributed by atoms with E-state index in [-0.39, 0.29) is 24.3 Å². The van der Waals surface area contributed by atoms with Crippen LogP contribution < -0.4 is 29.1 Å². The second-order valence-corrected chi connectivity index (χ2v) is 11.4. The summed E-state index contributed by atoms with van der Waals surface area (Å²) in [7, 11) is 3.13. The van der Waals surface area contributed by atoms with Crippen molar-refractivity contribution in [2.45, 2.75) is 13.0 Å². The van der Waals surface area contributed by atoms with E-state index in [1.807, 2.05) is 48.5 Å². The maximum atomic E-state index is 14.1. The molecule has 0 saturated carbocycles. The van der Waals surface area contributed by atoms with Gasteiger partial charge in [0.25, 0.3) is 5.56 Å². The zero-order valence-electron chi connectivity index (χ0n) is 23.6. The van der Waals surface area contributed by atoms with E-state index >= 15 is 0 Å². The predicted octanol–water partition coefficient (Wildman–Crippen LogP) is 4.57. The first-order valence-electron chi connectivity index (χ1n) is 13.3. The number of terminal acetylenes is 1. The molecule has 0 fully saturated rings. The van der Waals surface area contributed by atoms with Crippen molar-refractivity contribution in [3.05, 3.63) is 112 Å². The Labute approximate surface area is 266 Å². The molecule has 4 aromatic rings. The summed E-state index contributed by atoms with van der Waals surface area (Å²) in [5, 5.41) is 0. The Kier molecular flexibility index (Phi) is 9.33.